The maximum absolute atomic E-state index is 13.2. The van der Waals surface area contributed by atoms with Crippen molar-refractivity contribution in [2.75, 3.05) is 40.0 Å². The number of sulfonamides is 1. The highest BCUT2D eigenvalue weighted by Gasteiger charge is 2.31. The molecule has 9 nitrogen and oxygen atoms in total. The molecule has 10 heteroatoms. The summed E-state index contributed by atoms with van der Waals surface area (Å²) in [5.74, 6) is 3.37. The SMILES string of the molecule is C#Cc1ccc([C@@H]2C=C(C(=O)NCC3CC3)O[C@H](OCCN(CCO)S(=O)(=O)c3ccc(OC)cc3)C2)cc1. The van der Waals surface area contributed by atoms with Crippen LogP contribution in [0.15, 0.2) is 65.3 Å². The molecule has 1 saturated carbocycles. The van der Waals surface area contributed by atoms with Gasteiger partial charge in [-0.2, -0.15) is 4.31 Å². The number of aliphatic hydroxyl groups is 1. The average Bonchev–Trinajstić information content (AvgIpc) is 3.80. The topological polar surface area (TPSA) is 114 Å². The molecule has 1 fully saturated rings. The maximum atomic E-state index is 13.2. The lowest BCUT2D eigenvalue weighted by atomic mass is 9.92. The van der Waals surface area contributed by atoms with Gasteiger partial charge < -0.3 is 24.6 Å². The fourth-order valence-corrected chi connectivity index (χ4v) is 5.68. The van der Waals surface area contributed by atoms with Crippen molar-refractivity contribution in [3.05, 3.63) is 71.5 Å². The summed E-state index contributed by atoms with van der Waals surface area (Å²) >= 11 is 0. The van der Waals surface area contributed by atoms with Gasteiger partial charge in [0, 0.05) is 37.5 Å². The Morgan fingerprint density at radius 3 is 2.49 bits per heavy atom. The molecule has 0 unspecified atom stereocenters. The minimum atomic E-state index is -3.88. The number of ether oxygens (including phenoxy) is 3. The maximum Gasteiger partial charge on any atom is 0.286 e. The lowest BCUT2D eigenvalue weighted by Crippen LogP contribution is -2.38. The monoisotopic (exact) mass is 554 g/mol. The van der Waals surface area contributed by atoms with Gasteiger partial charge in [0.15, 0.2) is 5.76 Å². The van der Waals surface area contributed by atoms with E-state index < -0.39 is 16.3 Å². The van der Waals surface area contributed by atoms with Gasteiger partial charge >= 0.3 is 0 Å². The number of carbonyl (C=O) groups is 1. The molecule has 0 aromatic heterocycles. The highest BCUT2D eigenvalue weighted by atomic mass is 32.2. The van der Waals surface area contributed by atoms with Crippen molar-refractivity contribution in [1.29, 1.82) is 0 Å². The van der Waals surface area contributed by atoms with E-state index in [2.05, 4.69) is 11.2 Å². The van der Waals surface area contributed by atoms with E-state index in [0.717, 1.165) is 28.3 Å². The Kier molecular flexibility index (Phi) is 9.64. The van der Waals surface area contributed by atoms with E-state index in [1.54, 1.807) is 18.2 Å². The Hall–Kier alpha value is -3.36. The quantitative estimate of drug-likeness (QED) is 0.366. The Balaban J connectivity index is 1.43. The van der Waals surface area contributed by atoms with Crippen molar-refractivity contribution in [3.8, 4) is 18.1 Å². The number of rotatable bonds is 13. The molecule has 4 rings (SSSR count). The third kappa shape index (κ3) is 7.61. The number of nitrogens with zero attached hydrogens (tertiary/aromatic N) is 1. The molecule has 0 saturated heterocycles. The largest absolute Gasteiger partial charge is 0.497 e. The summed E-state index contributed by atoms with van der Waals surface area (Å²) in [6, 6.07) is 13.6. The highest BCUT2D eigenvalue weighted by Crippen LogP contribution is 2.32. The van der Waals surface area contributed by atoms with Crippen molar-refractivity contribution < 1.29 is 32.5 Å². The molecule has 1 amide bonds. The summed E-state index contributed by atoms with van der Waals surface area (Å²) in [7, 11) is -2.38. The first-order chi connectivity index (χ1) is 18.8. The molecule has 2 aromatic rings. The fourth-order valence-electron chi connectivity index (χ4n) is 4.27. The average molecular weight is 555 g/mol. The Labute approximate surface area is 229 Å². The van der Waals surface area contributed by atoms with Gasteiger partial charge in [-0.15, -0.1) is 6.42 Å². The van der Waals surface area contributed by atoms with Crippen molar-refractivity contribution in [2.45, 2.75) is 36.4 Å². The predicted octanol–water partition coefficient (Wildman–Crippen LogP) is 2.62. The molecule has 1 aliphatic carbocycles. The summed E-state index contributed by atoms with van der Waals surface area (Å²) in [4.78, 5) is 12.9. The number of terminal acetylenes is 1. The van der Waals surface area contributed by atoms with Gasteiger partial charge in [0.1, 0.15) is 5.75 Å². The van der Waals surface area contributed by atoms with Crippen LogP contribution in [0.2, 0.25) is 0 Å². The third-order valence-corrected chi connectivity index (χ3v) is 8.64. The molecular weight excluding hydrogens is 520 g/mol. The number of allylic oxidation sites excluding steroid dienone is 1. The number of hydrogen-bond donors (Lipinski definition) is 2. The van der Waals surface area contributed by atoms with Gasteiger partial charge in [0.25, 0.3) is 5.91 Å². The number of carbonyl (C=O) groups excluding carboxylic acids is 1. The zero-order valence-electron chi connectivity index (χ0n) is 21.9. The van der Waals surface area contributed by atoms with E-state index in [1.807, 2.05) is 24.3 Å². The van der Waals surface area contributed by atoms with Gasteiger partial charge in [-0.25, -0.2) is 8.42 Å². The van der Waals surface area contributed by atoms with E-state index in [0.29, 0.717) is 24.6 Å². The van der Waals surface area contributed by atoms with Crippen LogP contribution in [0.3, 0.4) is 0 Å². The first-order valence-corrected chi connectivity index (χ1v) is 14.4. The summed E-state index contributed by atoms with van der Waals surface area (Å²) in [6.07, 6.45) is 9.16. The van der Waals surface area contributed by atoms with Crippen molar-refractivity contribution in [1.82, 2.24) is 9.62 Å². The molecule has 2 N–H and O–H groups in total. The van der Waals surface area contributed by atoms with Crippen LogP contribution in [0.1, 0.15) is 36.3 Å². The Bertz CT molecular complexity index is 1300. The van der Waals surface area contributed by atoms with E-state index in [1.165, 1.54) is 19.2 Å². The van der Waals surface area contributed by atoms with E-state index in [-0.39, 0.29) is 48.8 Å². The van der Waals surface area contributed by atoms with Crippen LogP contribution in [0.4, 0.5) is 0 Å². The van der Waals surface area contributed by atoms with Crippen LogP contribution < -0.4 is 10.1 Å². The molecule has 39 heavy (non-hydrogen) atoms. The first kappa shape index (κ1) is 28.6. The molecule has 2 atom stereocenters. The smallest absolute Gasteiger partial charge is 0.286 e. The second kappa shape index (κ2) is 13.1. The molecular formula is C29H34N2O7S. The van der Waals surface area contributed by atoms with Crippen molar-refractivity contribution >= 4 is 15.9 Å². The first-order valence-electron chi connectivity index (χ1n) is 12.9. The number of methoxy groups -OCH3 is 1. The highest BCUT2D eigenvalue weighted by molar-refractivity contribution is 7.89. The van der Waals surface area contributed by atoms with E-state index in [4.69, 9.17) is 20.6 Å². The third-order valence-electron chi connectivity index (χ3n) is 6.73. The van der Waals surface area contributed by atoms with Gasteiger partial charge in [0.2, 0.25) is 16.3 Å². The summed E-state index contributed by atoms with van der Waals surface area (Å²) < 4.78 is 44.5. The zero-order valence-corrected chi connectivity index (χ0v) is 22.7. The lowest BCUT2D eigenvalue weighted by molar-refractivity contribution is -0.146. The predicted molar refractivity (Wildman–Crippen MR) is 145 cm³/mol. The standard InChI is InChI=1S/C29H34N2O7S/c1-3-21-6-8-23(9-7-21)24-18-27(29(33)30-20-22-4-5-22)38-28(19-24)37-17-15-31(14-16-32)39(34,35)26-12-10-25(36-2)11-13-26/h1,6-13,18,22,24,28,32H,4-5,14-17,19-20H2,2H3,(H,30,33)/t24-,28+/m1/s1. The zero-order chi connectivity index (χ0) is 27.8. The van der Waals surface area contributed by atoms with E-state index in [9.17, 15) is 18.3 Å². The second-order valence-electron chi connectivity index (χ2n) is 9.51. The van der Waals surface area contributed by atoms with E-state index >= 15 is 0 Å². The van der Waals surface area contributed by atoms with Crippen molar-refractivity contribution in [2.24, 2.45) is 5.92 Å². The molecule has 0 spiro atoms. The van der Waals surface area contributed by atoms with Crippen LogP contribution in [-0.4, -0.2) is 70.0 Å². The van der Waals surface area contributed by atoms with Gasteiger partial charge in [-0.1, -0.05) is 18.1 Å². The van der Waals surface area contributed by atoms with Crippen LogP contribution in [0, 0.1) is 18.3 Å². The molecule has 2 aromatic carbocycles. The second-order valence-corrected chi connectivity index (χ2v) is 11.5. The summed E-state index contributed by atoms with van der Waals surface area (Å²) in [6.45, 7) is 0.149. The molecule has 208 valence electrons. The van der Waals surface area contributed by atoms with Crippen molar-refractivity contribution in [3.63, 3.8) is 0 Å². The summed E-state index contributed by atoms with van der Waals surface area (Å²) in [5, 5.41) is 12.4. The fraction of sp³-hybridized carbons (Fsp3) is 0.414. The number of aliphatic hydroxyl groups excluding tert-OH is 1. The van der Waals surface area contributed by atoms with Gasteiger partial charge in [-0.3, -0.25) is 4.79 Å². The number of amides is 1. The minimum Gasteiger partial charge on any atom is -0.497 e. The normalized spacial score (nSPS) is 19.1. The number of hydrogen-bond acceptors (Lipinski definition) is 7. The van der Waals surface area contributed by atoms with Crippen LogP contribution in [0.5, 0.6) is 5.75 Å². The Morgan fingerprint density at radius 1 is 1.15 bits per heavy atom. The number of benzene rings is 2. The summed E-state index contributed by atoms with van der Waals surface area (Å²) in [5.41, 5.74) is 1.72. The minimum absolute atomic E-state index is 0.000222. The molecule has 0 radical (unpaired) electrons. The number of nitrogens with one attached hydrogen (secondary N) is 1. The Morgan fingerprint density at radius 2 is 1.87 bits per heavy atom. The van der Waals surface area contributed by atoms with Gasteiger partial charge in [0.05, 0.1) is 25.2 Å². The molecule has 2 aliphatic rings. The molecule has 0 bridgehead atoms. The van der Waals surface area contributed by atoms with Crippen LogP contribution in [0.25, 0.3) is 0 Å². The molecule has 1 aliphatic heterocycles. The lowest BCUT2D eigenvalue weighted by Gasteiger charge is -2.30. The van der Waals surface area contributed by atoms with Crippen LogP contribution >= 0.6 is 0 Å². The van der Waals surface area contributed by atoms with Gasteiger partial charge in [-0.05, 0) is 66.8 Å². The molecule has 1 heterocycles. The van der Waals surface area contributed by atoms with Crippen LogP contribution in [-0.2, 0) is 24.3 Å².